The Morgan fingerprint density at radius 3 is 3.25 bits per heavy atom. The number of aromatic nitrogens is 1. The molecule has 1 aromatic rings. The number of hydrogen-bond acceptors (Lipinski definition) is 3. The summed E-state index contributed by atoms with van der Waals surface area (Å²) in [6.45, 7) is 4.06. The third kappa shape index (κ3) is 3.20. The average Bonchev–Trinajstić information content (AvgIpc) is 2.80. The number of pyridine rings is 1. The van der Waals surface area contributed by atoms with Gasteiger partial charge in [-0.3, -0.25) is 4.98 Å². The largest absolute Gasteiger partial charge is 0.490 e. The molecule has 0 aromatic carbocycles. The highest BCUT2D eigenvalue weighted by Crippen LogP contribution is 2.14. The molecule has 1 aromatic heterocycles. The number of rotatable bonds is 5. The third-order valence-corrected chi connectivity index (χ3v) is 2.92. The lowest BCUT2D eigenvalue weighted by Crippen LogP contribution is -2.28. The molecule has 16 heavy (non-hydrogen) atoms. The Labute approximate surface area is 98.7 Å². The highest BCUT2D eigenvalue weighted by molar-refractivity contribution is 5.23. The predicted molar refractivity (Wildman–Crippen MR) is 66.9 cm³/mol. The minimum absolute atomic E-state index is 0. The van der Waals surface area contributed by atoms with Gasteiger partial charge in [-0.1, -0.05) is 13.3 Å². The van der Waals surface area contributed by atoms with Crippen LogP contribution in [0.2, 0.25) is 0 Å². The van der Waals surface area contributed by atoms with Crippen molar-refractivity contribution in [3.8, 4) is 5.75 Å². The van der Waals surface area contributed by atoms with Gasteiger partial charge in [-0.25, -0.2) is 0 Å². The fourth-order valence-electron chi connectivity index (χ4n) is 2.06. The zero-order valence-electron chi connectivity index (χ0n) is 9.91. The van der Waals surface area contributed by atoms with E-state index >= 15 is 0 Å². The van der Waals surface area contributed by atoms with Gasteiger partial charge in [0.25, 0.3) is 0 Å². The molecule has 0 aliphatic carbocycles. The molecule has 2 heterocycles. The van der Waals surface area contributed by atoms with Crippen LogP contribution in [0.15, 0.2) is 18.5 Å². The summed E-state index contributed by atoms with van der Waals surface area (Å²) in [7, 11) is 0. The van der Waals surface area contributed by atoms with Crippen molar-refractivity contribution < 1.29 is 6.16 Å². The maximum absolute atomic E-state index is 5.75. The lowest BCUT2D eigenvalue weighted by atomic mass is 10.2. The van der Waals surface area contributed by atoms with Gasteiger partial charge in [-0.2, -0.15) is 0 Å². The maximum Gasteiger partial charge on any atom is 0.137 e. The minimum atomic E-state index is 0. The summed E-state index contributed by atoms with van der Waals surface area (Å²) in [6.07, 6.45) is 8.43. The lowest BCUT2D eigenvalue weighted by molar-refractivity contribution is 0.276. The molecule has 90 valence electrons. The van der Waals surface area contributed by atoms with E-state index in [-0.39, 0.29) is 1.43 Å². The van der Waals surface area contributed by atoms with E-state index in [4.69, 9.17) is 4.74 Å². The highest BCUT2D eigenvalue weighted by Gasteiger charge is 2.14. The van der Waals surface area contributed by atoms with Crippen molar-refractivity contribution in [2.75, 3.05) is 13.2 Å². The van der Waals surface area contributed by atoms with Crippen molar-refractivity contribution in [1.29, 1.82) is 0 Å². The quantitative estimate of drug-likeness (QED) is 0.830. The molecule has 0 saturated carbocycles. The summed E-state index contributed by atoms with van der Waals surface area (Å²) in [5.74, 6) is 0.902. The smallest absolute Gasteiger partial charge is 0.137 e. The van der Waals surface area contributed by atoms with E-state index in [1.807, 2.05) is 6.20 Å². The van der Waals surface area contributed by atoms with Crippen molar-refractivity contribution in [3.05, 3.63) is 24.0 Å². The first-order chi connectivity index (χ1) is 7.88. The summed E-state index contributed by atoms with van der Waals surface area (Å²) in [5, 5.41) is 3.42. The van der Waals surface area contributed by atoms with Gasteiger partial charge in [0.15, 0.2) is 0 Å². The first kappa shape index (κ1) is 11.4. The topological polar surface area (TPSA) is 34.1 Å². The SMILES string of the molecule is CCCc1cncc(OC[C@H]2CCCN2)c1.[HH]. The van der Waals surface area contributed by atoms with E-state index in [1.165, 1.54) is 18.4 Å². The molecule has 0 spiro atoms. The summed E-state index contributed by atoms with van der Waals surface area (Å²) in [5.41, 5.74) is 1.26. The Kier molecular flexibility index (Phi) is 4.17. The van der Waals surface area contributed by atoms with Crippen molar-refractivity contribution >= 4 is 0 Å². The second-order valence-electron chi connectivity index (χ2n) is 4.38. The van der Waals surface area contributed by atoms with E-state index in [0.717, 1.165) is 31.7 Å². The first-order valence-corrected chi connectivity index (χ1v) is 6.18. The fourth-order valence-corrected chi connectivity index (χ4v) is 2.06. The van der Waals surface area contributed by atoms with Crippen LogP contribution in [0.1, 0.15) is 33.2 Å². The number of hydrogen-bond donors (Lipinski definition) is 1. The molecule has 2 rings (SSSR count). The highest BCUT2D eigenvalue weighted by atomic mass is 16.5. The van der Waals surface area contributed by atoms with Crippen molar-refractivity contribution in [1.82, 2.24) is 10.3 Å². The molecule has 0 bridgehead atoms. The van der Waals surface area contributed by atoms with Gasteiger partial charge >= 0.3 is 0 Å². The fraction of sp³-hybridized carbons (Fsp3) is 0.615. The average molecular weight is 222 g/mol. The molecule has 0 radical (unpaired) electrons. The summed E-state index contributed by atoms with van der Waals surface area (Å²) in [4.78, 5) is 4.20. The minimum Gasteiger partial charge on any atom is -0.490 e. The molecule has 1 atom stereocenters. The number of ether oxygens (including phenoxy) is 1. The molecular formula is C13H22N2O. The van der Waals surface area contributed by atoms with Gasteiger partial charge in [0.05, 0.1) is 6.20 Å². The Hall–Kier alpha value is -1.09. The maximum atomic E-state index is 5.75. The predicted octanol–water partition coefficient (Wildman–Crippen LogP) is 2.41. The number of nitrogens with zero attached hydrogens (tertiary/aromatic N) is 1. The molecule has 1 aliphatic rings. The van der Waals surface area contributed by atoms with Gasteiger partial charge in [-0.05, 0) is 37.4 Å². The zero-order valence-corrected chi connectivity index (χ0v) is 9.91. The molecule has 3 nitrogen and oxygen atoms in total. The standard InChI is InChI=1S/C13H20N2O.H2/c1-2-4-11-7-13(9-14-8-11)16-10-12-5-3-6-15-12;/h7-9,12,15H,2-6,10H2,1H3;1H/t12-;/m1./s1. The second-order valence-corrected chi connectivity index (χ2v) is 4.38. The van der Waals surface area contributed by atoms with Crippen molar-refractivity contribution in [2.45, 2.75) is 38.6 Å². The van der Waals surface area contributed by atoms with E-state index in [2.05, 4.69) is 23.3 Å². The van der Waals surface area contributed by atoms with E-state index < -0.39 is 0 Å². The summed E-state index contributed by atoms with van der Waals surface area (Å²) >= 11 is 0. The first-order valence-electron chi connectivity index (χ1n) is 6.18. The summed E-state index contributed by atoms with van der Waals surface area (Å²) in [6, 6.07) is 2.63. The van der Waals surface area contributed by atoms with Crippen LogP contribution in [0.25, 0.3) is 0 Å². The van der Waals surface area contributed by atoms with E-state index in [9.17, 15) is 0 Å². The number of nitrogens with one attached hydrogen (secondary N) is 1. The van der Waals surface area contributed by atoms with Crippen LogP contribution >= 0.6 is 0 Å². The molecule has 1 aliphatic heterocycles. The molecule has 1 N–H and O–H groups in total. The summed E-state index contributed by atoms with van der Waals surface area (Å²) < 4.78 is 5.75. The van der Waals surface area contributed by atoms with Gasteiger partial charge < -0.3 is 10.1 Å². The van der Waals surface area contributed by atoms with Crippen LogP contribution in [-0.2, 0) is 6.42 Å². The van der Waals surface area contributed by atoms with Crippen LogP contribution in [0, 0.1) is 0 Å². The van der Waals surface area contributed by atoms with Crippen LogP contribution in [0.3, 0.4) is 0 Å². The Bertz CT molecular complexity index is 327. The Morgan fingerprint density at radius 1 is 1.56 bits per heavy atom. The van der Waals surface area contributed by atoms with Crippen LogP contribution in [0.4, 0.5) is 0 Å². The van der Waals surface area contributed by atoms with Gasteiger partial charge in [-0.15, -0.1) is 0 Å². The van der Waals surface area contributed by atoms with Crippen LogP contribution < -0.4 is 10.1 Å². The van der Waals surface area contributed by atoms with E-state index in [0.29, 0.717) is 6.04 Å². The third-order valence-electron chi connectivity index (χ3n) is 2.92. The normalized spacial score (nSPS) is 19.9. The van der Waals surface area contributed by atoms with Crippen molar-refractivity contribution in [3.63, 3.8) is 0 Å². The van der Waals surface area contributed by atoms with Gasteiger partial charge in [0.2, 0.25) is 0 Å². The van der Waals surface area contributed by atoms with Gasteiger partial charge in [0.1, 0.15) is 12.4 Å². The lowest BCUT2D eigenvalue weighted by Gasteiger charge is -2.12. The van der Waals surface area contributed by atoms with Crippen LogP contribution in [0.5, 0.6) is 5.75 Å². The number of aryl methyl sites for hydroxylation is 1. The van der Waals surface area contributed by atoms with Crippen LogP contribution in [-0.4, -0.2) is 24.2 Å². The molecule has 0 amide bonds. The Morgan fingerprint density at radius 2 is 2.50 bits per heavy atom. The second kappa shape index (κ2) is 5.85. The molecule has 1 fully saturated rings. The monoisotopic (exact) mass is 222 g/mol. The Balaban J connectivity index is 0.00000144. The molecule has 3 heteroatoms. The van der Waals surface area contributed by atoms with E-state index in [1.54, 1.807) is 6.20 Å². The zero-order chi connectivity index (χ0) is 11.2. The molecule has 1 saturated heterocycles. The molecular weight excluding hydrogens is 200 g/mol. The van der Waals surface area contributed by atoms with Gasteiger partial charge in [0, 0.05) is 13.7 Å². The molecule has 0 unspecified atom stereocenters. The van der Waals surface area contributed by atoms with Crippen molar-refractivity contribution in [2.24, 2.45) is 0 Å².